The lowest BCUT2D eigenvalue weighted by Gasteiger charge is -2.20. The zero-order chi connectivity index (χ0) is 13.8. The predicted octanol–water partition coefficient (Wildman–Crippen LogP) is 4.89. The maximum absolute atomic E-state index is 5.32. The molecular weight excluding hydrogens is 370 g/mol. The molecule has 0 aromatic heterocycles. The summed E-state index contributed by atoms with van der Waals surface area (Å²) in [5.41, 5.74) is 1.27. The first-order valence-electron chi connectivity index (χ1n) is 6.87. The zero-order valence-electron chi connectivity index (χ0n) is 11.5. The molecule has 2 rings (SSSR count). The Kier molecular flexibility index (Phi) is 5.72. The molecule has 0 aliphatic heterocycles. The van der Waals surface area contributed by atoms with E-state index in [0.29, 0.717) is 6.04 Å². The van der Waals surface area contributed by atoms with Gasteiger partial charge in [-0.1, -0.05) is 12.8 Å². The lowest BCUT2D eigenvalue weighted by molar-refractivity contribution is 0.380. The van der Waals surface area contributed by atoms with E-state index in [-0.39, 0.29) is 0 Å². The van der Waals surface area contributed by atoms with Crippen LogP contribution >= 0.6 is 31.9 Å². The first kappa shape index (κ1) is 15.3. The van der Waals surface area contributed by atoms with E-state index < -0.39 is 0 Å². The summed E-state index contributed by atoms with van der Waals surface area (Å²) in [6.45, 7) is 3.21. The maximum atomic E-state index is 5.32. The van der Waals surface area contributed by atoms with Crippen molar-refractivity contribution < 1.29 is 4.74 Å². The molecule has 0 amide bonds. The van der Waals surface area contributed by atoms with Gasteiger partial charge in [0.05, 0.1) is 16.1 Å². The summed E-state index contributed by atoms with van der Waals surface area (Å²) in [5, 5.41) is 3.65. The number of hydrogen-bond donors (Lipinski definition) is 1. The number of benzene rings is 1. The molecule has 0 unspecified atom stereocenters. The SMILES string of the molecule is COc1c(Br)cc(CN[C@@H](C)C2CCCC2)cc1Br. The second-order valence-corrected chi connectivity index (χ2v) is 7.02. The van der Waals surface area contributed by atoms with Crippen LogP contribution in [0.1, 0.15) is 38.2 Å². The van der Waals surface area contributed by atoms with Gasteiger partial charge in [0.1, 0.15) is 5.75 Å². The van der Waals surface area contributed by atoms with Crippen LogP contribution in [0.2, 0.25) is 0 Å². The molecule has 4 heteroatoms. The highest BCUT2D eigenvalue weighted by Gasteiger charge is 2.21. The van der Waals surface area contributed by atoms with Gasteiger partial charge >= 0.3 is 0 Å². The van der Waals surface area contributed by atoms with Crippen molar-refractivity contribution >= 4 is 31.9 Å². The minimum Gasteiger partial charge on any atom is -0.494 e. The Morgan fingerprint density at radius 2 is 1.84 bits per heavy atom. The number of ether oxygens (including phenoxy) is 1. The Labute approximate surface area is 132 Å². The minimum atomic E-state index is 0.599. The lowest BCUT2D eigenvalue weighted by atomic mass is 9.99. The molecule has 0 radical (unpaired) electrons. The van der Waals surface area contributed by atoms with E-state index in [1.54, 1.807) is 7.11 Å². The molecular formula is C15H21Br2NO. The van der Waals surface area contributed by atoms with Gasteiger partial charge in [0.15, 0.2) is 0 Å². The Bertz CT molecular complexity index is 407. The fourth-order valence-corrected chi connectivity index (χ4v) is 4.42. The van der Waals surface area contributed by atoms with Gasteiger partial charge in [0.25, 0.3) is 0 Å². The van der Waals surface area contributed by atoms with Gasteiger partial charge in [0, 0.05) is 12.6 Å². The quantitative estimate of drug-likeness (QED) is 0.772. The highest BCUT2D eigenvalue weighted by molar-refractivity contribution is 9.11. The highest BCUT2D eigenvalue weighted by Crippen LogP contribution is 2.34. The van der Waals surface area contributed by atoms with Crippen LogP contribution in [-0.2, 0) is 6.54 Å². The van der Waals surface area contributed by atoms with Crippen LogP contribution < -0.4 is 10.1 Å². The summed E-state index contributed by atoms with van der Waals surface area (Å²) < 4.78 is 7.31. The van der Waals surface area contributed by atoms with Gasteiger partial charge in [-0.3, -0.25) is 0 Å². The van der Waals surface area contributed by atoms with Crippen molar-refractivity contribution in [1.29, 1.82) is 0 Å². The van der Waals surface area contributed by atoms with Gasteiger partial charge in [-0.25, -0.2) is 0 Å². The van der Waals surface area contributed by atoms with Crippen LogP contribution in [0, 0.1) is 5.92 Å². The topological polar surface area (TPSA) is 21.3 Å². The molecule has 1 aliphatic rings. The van der Waals surface area contributed by atoms with Crippen molar-refractivity contribution in [2.45, 2.75) is 45.2 Å². The Balaban J connectivity index is 1.95. The van der Waals surface area contributed by atoms with Crippen molar-refractivity contribution in [3.63, 3.8) is 0 Å². The fraction of sp³-hybridized carbons (Fsp3) is 0.600. The lowest BCUT2D eigenvalue weighted by Crippen LogP contribution is -2.31. The molecule has 1 aromatic rings. The molecule has 1 saturated carbocycles. The van der Waals surface area contributed by atoms with Crippen LogP contribution in [0.25, 0.3) is 0 Å². The standard InChI is InChI=1S/C15H21Br2NO/c1-10(12-5-3-4-6-12)18-9-11-7-13(16)15(19-2)14(17)8-11/h7-8,10,12,18H,3-6,9H2,1-2H3/t10-/m0/s1. The molecule has 106 valence electrons. The summed E-state index contributed by atoms with van der Waals surface area (Å²) in [6.07, 6.45) is 5.56. The van der Waals surface area contributed by atoms with Gasteiger partial charge in [-0.15, -0.1) is 0 Å². The van der Waals surface area contributed by atoms with Gasteiger partial charge in [-0.05, 0) is 75.2 Å². The Morgan fingerprint density at radius 1 is 1.26 bits per heavy atom. The molecule has 0 heterocycles. The normalized spacial score (nSPS) is 17.7. The first-order valence-corrected chi connectivity index (χ1v) is 8.45. The van der Waals surface area contributed by atoms with Crippen LogP contribution in [0.5, 0.6) is 5.75 Å². The molecule has 1 fully saturated rings. The van der Waals surface area contributed by atoms with Crippen LogP contribution in [0.4, 0.5) is 0 Å². The number of nitrogens with one attached hydrogen (secondary N) is 1. The van der Waals surface area contributed by atoms with Gasteiger partial charge in [-0.2, -0.15) is 0 Å². The summed E-state index contributed by atoms with van der Waals surface area (Å²) in [4.78, 5) is 0. The van der Waals surface area contributed by atoms with Crippen molar-refractivity contribution in [2.24, 2.45) is 5.92 Å². The minimum absolute atomic E-state index is 0.599. The van der Waals surface area contributed by atoms with E-state index in [4.69, 9.17) is 4.74 Å². The molecule has 0 spiro atoms. The Hall–Kier alpha value is -0.0600. The summed E-state index contributed by atoms with van der Waals surface area (Å²) in [5.74, 6) is 1.71. The van der Waals surface area contributed by atoms with Gasteiger partial charge < -0.3 is 10.1 Å². The average Bonchev–Trinajstić information content (AvgIpc) is 2.89. The van der Waals surface area contributed by atoms with Crippen LogP contribution in [0.3, 0.4) is 0 Å². The Morgan fingerprint density at radius 3 is 2.37 bits per heavy atom. The van der Waals surface area contributed by atoms with Crippen LogP contribution in [-0.4, -0.2) is 13.2 Å². The van der Waals surface area contributed by atoms with Crippen molar-refractivity contribution in [1.82, 2.24) is 5.32 Å². The molecule has 19 heavy (non-hydrogen) atoms. The van der Waals surface area contributed by atoms with Gasteiger partial charge in [0.2, 0.25) is 0 Å². The van der Waals surface area contributed by atoms with E-state index >= 15 is 0 Å². The highest BCUT2D eigenvalue weighted by atomic mass is 79.9. The molecule has 1 atom stereocenters. The third kappa shape index (κ3) is 3.96. The van der Waals surface area contributed by atoms with E-state index in [2.05, 4.69) is 56.2 Å². The molecule has 1 aliphatic carbocycles. The first-order chi connectivity index (χ1) is 9.11. The maximum Gasteiger partial charge on any atom is 0.147 e. The van der Waals surface area contributed by atoms with E-state index in [1.807, 2.05) is 0 Å². The van der Waals surface area contributed by atoms with Crippen molar-refractivity contribution in [3.05, 3.63) is 26.6 Å². The number of rotatable bonds is 5. The number of hydrogen-bond acceptors (Lipinski definition) is 2. The average molecular weight is 391 g/mol. The second-order valence-electron chi connectivity index (χ2n) is 5.31. The monoisotopic (exact) mass is 389 g/mol. The third-order valence-electron chi connectivity index (χ3n) is 4.00. The van der Waals surface area contributed by atoms with E-state index in [0.717, 1.165) is 27.2 Å². The van der Waals surface area contributed by atoms with E-state index in [9.17, 15) is 0 Å². The van der Waals surface area contributed by atoms with E-state index in [1.165, 1.54) is 31.2 Å². The predicted molar refractivity (Wildman–Crippen MR) is 86.7 cm³/mol. The second kappa shape index (κ2) is 7.09. The summed E-state index contributed by atoms with van der Waals surface area (Å²) in [6, 6.07) is 4.85. The summed E-state index contributed by atoms with van der Waals surface area (Å²) >= 11 is 7.10. The smallest absolute Gasteiger partial charge is 0.147 e. The van der Waals surface area contributed by atoms with Crippen LogP contribution in [0.15, 0.2) is 21.1 Å². The molecule has 0 bridgehead atoms. The van der Waals surface area contributed by atoms with Crippen molar-refractivity contribution in [2.75, 3.05) is 7.11 Å². The zero-order valence-corrected chi connectivity index (χ0v) is 14.7. The number of methoxy groups -OCH3 is 1. The molecule has 0 saturated heterocycles. The largest absolute Gasteiger partial charge is 0.494 e. The molecule has 2 nitrogen and oxygen atoms in total. The third-order valence-corrected chi connectivity index (χ3v) is 5.18. The molecule has 1 aromatic carbocycles. The molecule has 1 N–H and O–H groups in total. The summed E-state index contributed by atoms with van der Waals surface area (Å²) in [7, 11) is 1.69. The van der Waals surface area contributed by atoms with Crippen molar-refractivity contribution in [3.8, 4) is 5.75 Å². The fourth-order valence-electron chi connectivity index (χ4n) is 2.81. The number of halogens is 2.